The van der Waals surface area contributed by atoms with Crippen molar-refractivity contribution in [2.75, 3.05) is 58.9 Å². The molecule has 0 radical (unpaired) electrons. The Morgan fingerprint density at radius 2 is 0.743 bits per heavy atom. The molecule has 398 valence electrons. The molecule has 1 saturated heterocycles. The van der Waals surface area contributed by atoms with Gasteiger partial charge in [-0.15, -0.1) is 0 Å². The molecule has 0 aromatic heterocycles. The fourth-order valence-corrected chi connectivity index (χ4v) is 10.6. The highest BCUT2D eigenvalue weighted by Gasteiger charge is 2.33. The summed E-state index contributed by atoms with van der Waals surface area (Å²) in [4.78, 5) is 48.3. The number of hydrogen-bond acceptors (Lipinski definition) is 7. The number of carbonyl (C=O) groups is 3. The molecule has 0 amide bonds. The van der Waals surface area contributed by atoms with Gasteiger partial charge in [-0.3, -0.25) is 29.1 Å². The van der Waals surface area contributed by atoms with Crippen LogP contribution in [-0.2, 0) is 27.2 Å². The Hall–Kier alpha value is -3.31. The highest BCUT2D eigenvalue weighted by Crippen LogP contribution is 2.24. The molecule has 2 aromatic rings. The van der Waals surface area contributed by atoms with Crippen molar-refractivity contribution in [3.8, 4) is 11.1 Å². The van der Waals surface area contributed by atoms with Crippen LogP contribution in [0.2, 0.25) is 0 Å². The molecule has 1 fully saturated rings. The number of nitrogens with zero attached hydrogens (tertiary/aromatic N) is 4. The van der Waals surface area contributed by atoms with E-state index in [9.17, 15) is 29.7 Å². The third kappa shape index (κ3) is 24.9. The number of benzene rings is 2. The normalized spacial score (nSPS) is 16.8. The zero-order valence-corrected chi connectivity index (χ0v) is 45.2. The number of unbranched alkanes of at least 4 members (excludes halogenated alkanes) is 17. The molecule has 3 N–H and O–H groups in total. The first-order chi connectivity index (χ1) is 34.0. The molecule has 1 aliphatic rings. The maximum atomic E-state index is 13.2. The van der Waals surface area contributed by atoms with Crippen LogP contribution in [0.1, 0.15) is 206 Å². The number of aryl methyl sites for hydroxylation is 1. The molecule has 10 heteroatoms. The summed E-state index contributed by atoms with van der Waals surface area (Å²) in [6, 6.07) is 15.9. The Balaban J connectivity index is 1.89. The Morgan fingerprint density at radius 1 is 0.414 bits per heavy atom. The van der Waals surface area contributed by atoms with Crippen LogP contribution in [0.3, 0.4) is 0 Å². The van der Waals surface area contributed by atoms with Gasteiger partial charge in [0.05, 0.1) is 0 Å². The number of rotatable bonds is 37. The summed E-state index contributed by atoms with van der Waals surface area (Å²) < 4.78 is 0. The third-order valence-corrected chi connectivity index (χ3v) is 15.3. The van der Waals surface area contributed by atoms with E-state index in [0.717, 1.165) is 96.4 Å². The van der Waals surface area contributed by atoms with Crippen LogP contribution in [0.15, 0.2) is 48.5 Å². The van der Waals surface area contributed by atoms with Crippen molar-refractivity contribution < 1.29 is 29.7 Å². The molecular weight excluding hydrogens is 873 g/mol. The van der Waals surface area contributed by atoms with Crippen molar-refractivity contribution in [2.45, 2.75) is 226 Å². The van der Waals surface area contributed by atoms with Crippen LogP contribution in [-0.4, -0.2) is 130 Å². The van der Waals surface area contributed by atoms with Crippen LogP contribution in [0, 0.1) is 5.92 Å². The Kier molecular flexibility index (Phi) is 32.6. The van der Waals surface area contributed by atoms with E-state index in [1.165, 1.54) is 86.5 Å². The van der Waals surface area contributed by atoms with Crippen LogP contribution < -0.4 is 0 Å². The molecule has 0 bridgehead atoms. The van der Waals surface area contributed by atoms with Gasteiger partial charge in [-0.1, -0.05) is 218 Å². The standard InChI is InChI=1S/C60H102N4O6/c1-6-10-14-17-20-24-28-51-31-35-53(36-32-51)54-37-33-52(34-38-54)39-40-61-41-43-62(55(58(65)66)29-25-21-18-15-11-7-2)45-46-63(56(59(67)68)30-26-22-19-16-12-8-3)47-48-64(44-42-61)57(60(69)70)49-50(5)27-23-13-9-4/h31-38,50,55-57H,6-30,39-49H2,1-5H3,(H,65,66)(H,67,68)(H,69,70). The Bertz CT molecular complexity index is 1660. The van der Waals surface area contributed by atoms with Crippen molar-refractivity contribution in [2.24, 2.45) is 5.92 Å². The molecule has 2 aromatic carbocycles. The van der Waals surface area contributed by atoms with Crippen LogP contribution >= 0.6 is 0 Å². The van der Waals surface area contributed by atoms with E-state index in [1.807, 2.05) is 0 Å². The highest BCUT2D eigenvalue weighted by molar-refractivity contribution is 5.74. The molecule has 0 saturated carbocycles. The second-order valence-corrected chi connectivity index (χ2v) is 21.1. The lowest BCUT2D eigenvalue weighted by atomic mass is 9.94. The van der Waals surface area contributed by atoms with Gasteiger partial charge in [-0.05, 0) is 66.7 Å². The third-order valence-electron chi connectivity index (χ3n) is 15.3. The van der Waals surface area contributed by atoms with Crippen molar-refractivity contribution in [3.63, 3.8) is 0 Å². The summed E-state index contributed by atoms with van der Waals surface area (Å²) >= 11 is 0. The van der Waals surface area contributed by atoms with Crippen LogP contribution in [0.4, 0.5) is 0 Å². The predicted octanol–water partition coefficient (Wildman–Crippen LogP) is 13.5. The molecule has 0 aliphatic carbocycles. The monoisotopic (exact) mass is 975 g/mol. The van der Waals surface area contributed by atoms with Gasteiger partial charge in [0, 0.05) is 58.9 Å². The lowest BCUT2D eigenvalue weighted by Crippen LogP contribution is -2.55. The van der Waals surface area contributed by atoms with Gasteiger partial charge in [0.2, 0.25) is 0 Å². The number of carboxylic acid groups (broad SMARTS) is 3. The van der Waals surface area contributed by atoms with Crippen LogP contribution in [0.5, 0.6) is 0 Å². The van der Waals surface area contributed by atoms with E-state index in [4.69, 9.17) is 0 Å². The Labute approximate surface area is 427 Å². The van der Waals surface area contributed by atoms with Gasteiger partial charge in [0.1, 0.15) is 18.1 Å². The number of aliphatic carboxylic acids is 3. The van der Waals surface area contributed by atoms with Crippen molar-refractivity contribution in [3.05, 3.63) is 59.7 Å². The highest BCUT2D eigenvalue weighted by atomic mass is 16.4. The fourth-order valence-electron chi connectivity index (χ4n) is 10.6. The van der Waals surface area contributed by atoms with E-state index in [0.29, 0.717) is 71.6 Å². The average molecular weight is 975 g/mol. The number of carboxylic acids is 3. The molecule has 0 spiro atoms. The first-order valence-corrected chi connectivity index (χ1v) is 28.8. The van der Waals surface area contributed by atoms with Crippen LogP contribution in [0.25, 0.3) is 11.1 Å². The second kappa shape index (κ2) is 37.4. The topological polar surface area (TPSA) is 125 Å². The molecule has 1 aliphatic heterocycles. The minimum Gasteiger partial charge on any atom is -0.480 e. The SMILES string of the molecule is CCCCCCCCc1ccc(-c2ccc(CCN3CCN(C(CCCCCCCC)C(=O)O)CCN(C(CCCCCCCC)C(=O)O)CCN(C(CC(C)CCCCC)C(=O)O)CC3)cc2)cc1. The Morgan fingerprint density at radius 3 is 1.16 bits per heavy atom. The first-order valence-electron chi connectivity index (χ1n) is 28.8. The van der Waals surface area contributed by atoms with Gasteiger partial charge < -0.3 is 20.2 Å². The van der Waals surface area contributed by atoms with E-state index < -0.39 is 36.0 Å². The van der Waals surface area contributed by atoms with Crippen molar-refractivity contribution in [1.82, 2.24) is 19.6 Å². The molecule has 10 nitrogen and oxygen atoms in total. The van der Waals surface area contributed by atoms with E-state index in [1.54, 1.807) is 0 Å². The zero-order chi connectivity index (χ0) is 50.8. The number of hydrogen-bond donors (Lipinski definition) is 3. The first kappa shape index (κ1) is 61.0. The summed E-state index contributed by atoms with van der Waals surface area (Å²) in [5.74, 6) is -2.22. The summed E-state index contributed by atoms with van der Waals surface area (Å²) in [5.41, 5.74) is 5.06. The smallest absolute Gasteiger partial charge is 0.320 e. The summed E-state index contributed by atoms with van der Waals surface area (Å²) in [6.45, 7) is 15.9. The van der Waals surface area contributed by atoms with Gasteiger partial charge >= 0.3 is 17.9 Å². The average Bonchev–Trinajstić information content (AvgIpc) is 3.34. The van der Waals surface area contributed by atoms with E-state index in [2.05, 4.69) is 103 Å². The van der Waals surface area contributed by atoms with E-state index in [-0.39, 0.29) is 5.92 Å². The van der Waals surface area contributed by atoms with Gasteiger partial charge in [0.25, 0.3) is 0 Å². The molecule has 3 rings (SSSR count). The van der Waals surface area contributed by atoms with Crippen molar-refractivity contribution in [1.29, 1.82) is 0 Å². The maximum absolute atomic E-state index is 13.2. The fraction of sp³-hybridized carbons (Fsp3) is 0.750. The quantitative estimate of drug-likeness (QED) is 0.0564. The summed E-state index contributed by atoms with van der Waals surface area (Å²) in [7, 11) is 0. The van der Waals surface area contributed by atoms with Gasteiger partial charge in [-0.2, -0.15) is 0 Å². The minimum absolute atomic E-state index is 0.250. The molecule has 4 atom stereocenters. The molecular formula is C60H102N4O6. The molecule has 4 unspecified atom stereocenters. The van der Waals surface area contributed by atoms with Gasteiger partial charge in [0.15, 0.2) is 0 Å². The summed E-state index contributed by atoms with van der Waals surface area (Å²) in [5, 5.41) is 32.4. The second-order valence-electron chi connectivity index (χ2n) is 21.1. The lowest BCUT2D eigenvalue weighted by Gasteiger charge is -2.39. The lowest BCUT2D eigenvalue weighted by molar-refractivity contribution is -0.147. The maximum Gasteiger partial charge on any atom is 0.320 e. The molecule has 1 heterocycles. The zero-order valence-electron chi connectivity index (χ0n) is 45.2. The molecule has 70 heavy (non-hydrogen) atoms. The minimum atomic E-state index is -0.851. The predicted molar refractivity (Wildman–Crippen MR) is 292 cm³/mol. The van der Waals surface area contributed by atoms with E-state index >= 15 is 0 Å². The van der Waals surface area contributed by atoms with Gasteiger partial charge in [-0.25, -0.2) is 0 Å². The summed E-state index contributed by atoms with van der Waals surface area (Å²) in [6.07, 6.45) is 28.7. The largest absolute Gasteiger partial charge is 0.480 e. The van der Waals surface area contributed by atoms with Crippen molar-refractivity contribution >= 4 is 17.9 Å².